The molecule has 3 aromatic carbocycles. The molecule has 0 radical (unpaired) electrons. The second-order valence-electron chi connectivity index (χ2n) is 8.98. The molecule has 1 heterocycles. The number of fused-ring (bicyclic) bond motifs is 3. The molecule has 0 saturated carbocycles. The summed E-state index contributed by atoms with van der Waals surface area (Å²) in [4.78, 5) is 1.55. The lowest BCUT2D eigenvalue weighted by Gasteiger charge is -2.37. The molecule has 170 valence electrons. The molecule has 1 aliphatic heterocycles. The van der Waals surface area contributed by atoms with Crippen molar-refractivity contribution in [3.8, 4) is 0 Å². The van der Waals surface area contributed by atoms with Crippen LogP contribution in [0.3, 0.4) is 0 Å². The molecule has 0 amide bonds. The van der Waals surface area contributed by atoms with E-state index in [0.717, 1.165) is 28.8 Å². The van der Waals surface area contributed by atoms with E-state index in [2.05, 4.69) is 52.7 Å². The molecular formula is C27H28N2O2S2. The van der Waals surface area contributed by atoms with Crippen LogP contribution in [-0.2, 0) is 10.0 Å². The fourth-order valence-electron chi connectivity index (χ4n) is 5.13. The van der Waals surface area contributed by atoms with Crippen LogP contribution in [0.4, 0.5) is 11.4 Å². The predicted molar refractivity (Wildman–Crippen MR) is 138 cm³/mol. The first-order valence-electron chi connectivity index (χ1n) is 11.2. The van der Waals surface area contributed by atoms with Gasteiger partial charge in [-0.25, -0.2) is 8.42 Å². The molecule has 3 aromatic rings. The predicted octanol–water partition coefficient (Wildman–Crippen LogP) is 6.65. The van der Waals surface area contributed by atoms with Crippen LogP contribution in [-0.4, -0.2) is 14.7 Å². The van der Waals surface area contributed by atoms with Gasteiger partial charge in [0.15, 0.2) is 0 Å². The Labute approximate surface area is 200 Å². The summed E-state index contributed by atoms with van der Waals surface area (Å²) in [6.07, 6.45) is 7.52. The van der Waals surface area contributed by atoms with E-state index in [1.807, 2.05) is 44.2 Å². The Bertz CT molecular complexity index is 1310. The zero-order valence-corrected chi connectivity index (χ0v) is 20.6. The summed E-state index contributed by atoms with van der Waals surface area (Å²) in [5, 5.41) is 3.70. The van der Waals surface area contributed by atoms with Gasteiger partial charge in [0.05, 0.1) is 10.9 Å². The molecular weight excluding hydrogens is 448 g/mol. The number of rotatable bonds is 5. The molecule has 3 atom stereocenters. The molecule has 4 nitrogen and oxygen atoms in total. The van der Waals surface area contributed by atoms with Crippen LogP contribution in [0.25, 0.3) is 0 Å². The highest BCUT2D eigenvalue weighted by Gasteiger charge is 2.38. The molecule has 0 bridgehead atoms. The summed E-state index contributed by atoms with van der Waals surface area (Å²) in [6.45, 7) is 3.93. The molecule has 3 unspecified atom stereocenters. The topological polar surface area (TPSA) is 58.2 Å². The molecule has 1 aliphatic carbocycles. The maximum Gasteiger partial charge on any atom is 0.261 e. The summed E-state index contributed by atoms with van der Waals surface area (Å²) >= 11 is 1.74. The number of anilines is 2. The third kappa shape index (κ3) is 4.30. The zero-order chi connectivity index (χ0) is 23.2. The number of sulfonamides is 1. The molecule has 5 rings (SSSR count). The molecule has 0 saturated heterocycles. The van der Waals surface area contributed by atoms with Crippen molar-refractivity contribution in [2.75, 3.05) is 16.3 Å². The molecule has 2 N–H and O–H groups in total. The number of hydrogen-bond donors (Lipinski definition) is 2. The monoisotopic (exact) mass is 476 g/mol. The van der Waals surface area contributed by atoms with E-state index in [0.29, 0.717) is 16.5 Å². The van der Waals surface area contributed by atoms with Gasteiger partial charge in [0.2, 0.25) is 0 Å². The molecule has 0 spiro atoms. The molecule has 2 aliphatic rings. The van der Waals surface area contributed by atoms with Gasteiger partial charge in [-0.3, -0.25) is 4.72 Å². The van der Waals surface area contributed by atoms with Crippen molar-refractivity contribution in [1.29, 1.82) is 0 Å². The van der Waals surface area contributed by atoms with Gasteiger partial charge in [0.1, 0.15) is 0 Å². The largest absolute Gasteiger partial charge is 0.378 e. The minimum atomic E-state index is -3.69. The first-order valence-corrected chi connectivity index (χ1v) is 13.9. The Hall–Kier alpha value is -2.70. The van der Waals surface area contributed by atoms with Gasteiger partial charge in [-0.1, -0.05) is 30.4 Å². The van der Waals surface area contributed by atoms with Crippen LogP contribution in [0.2, 0.25) is 0 Å². The maximum absolute atomic E-state index is 13.2. The number of aryl methyl sites for hydroxylation is 2. The quantitative estimate of drug-likeness (QED) is 0.320. The fourth-order valence-corrected chi connectivity index (χ4v) is 6.61. The van der Waals surface area contributed by atoms with Gasteiger partial charge in [0, 0.05) is 22.2 Å². The third-order valence-corrected chi connectivity index (χ3v) is 8.72. The summed E-state index contributed by atoms with van der Waals surface area (Å²) in [5.74, 6) is 0.561. The van der Waals surface area contributed by atoms with Crippen LogP contribution in [0.15, 0.2) is 82.6 Å². The highest BCUT2D eigenvalue weighted by molar-refractivity contribution is 7.98. The van der Waals surface area contributed by atoms with Gasteiger partial charge in [-0.15, -0.1) is 11.8 Å². The third-order valence-electron chi connectivity index (χ3n) is 6.59. The first kappa shape index (κ1) is 22.1. The highest BCUT2D eigenvalue weighted by atomic mass is 32.2. The molecule has 0 aromatic heterocycles. The van der Waals surface area contributed by atoms with Crippen LogP contribution in [0, 0.1) is 19.8 Å². The minimum absolute atomic E-state index is 0.197. The van der Waals surface area contributed by atoms with E-state index in [1.54, 1.807) is 17.8 Å². The second kappa shape index (κ2) is 8.58. The van der Waals surface area contributed by atoms with E-state index in [4.69, 9.17) is 0 Å². The normalized spacial score (nSPS) is 21.2. The lowest BCUT2D eigenvalue weighted by Crippen LogP contribution is -2.29. The Morgan fingerprint density at radius 1 is 0.970 bits per heavy atom. The highest BCUT2D eigenvalue weighted by Crippen LogP contribution is 2.50. The van der Waals surface area contributed by atoms with Crippen molar-refractivity contribution in [1.82, 2.24) is 0 Å². The molecule has 0 fully saturated rings. The van der Waals surface area contributed by atoms with Gasteiger partial charge >= 0.3 is 0 Å². The fraction of sp³-hybridized carbons (Fsp3) is 0.259. The molecule has 33 heavy (non-hydrogen) atoms. The van der Waals surface area contributed by atoms with Crippen molar-refractivity contribution in [2.24, 2.45) is 5.92 Å². The summed E-state index contributed by atoms with van der Waals surface area (Å²) in [7, 11) is -3.69. The zero-order valence-electron chi connectivity index (χ0n) is 19.0. The van der Waals surface area contributed by atoms with Crippen molar-refractivity contribution >= 4 is 33.2 Å². The Balaban J connectivity index is 1.47. The van der Waals surface area contributed by atoms with Crippen LogP contribution in [0.1, 0.15) is 40.6 Å². The number of thioether (sulfide) groups is 1. The van der Waals surface area contributed by atoms with Gasteiger partial charge in [-0.05, 0) is 97.2 Å². The Morgan fingerprint density at radius 3 is 2.39 bits per heavy atom. The smallest absolute Gasteiger partial charge is 0.261 e. The average Bonchev–Trinajstić information content (AvgIpc) is 3.27. The number of nitrogens with one attached hydrogen (secondary N) is 2. The van der Waals surface area contributed by atoms with Crippen molar-refractivity contribution in [3.05, 3.63) is 95.1 Å². The first-order chi connectivity index (χ1) is 15.8. The van der Waals surface area contributed by atoms with E-state index in [1.165, 1.54) is 10.5 Å². The lowest BCUT2D eigenvalue weighted by atomic mass is 9.77. The van der Waals surface area contributed by atoms with E-state index in [9.17, 15) is 8.42 Å². The van der Waals surface area contributed by atoms with E-state index >= 15 is 0 Å². The maximum atomic E-state index is 13.2. The van der Waals surface area contributed by atoms with Crippen LogP contribution >= 0.6 is 11.8 Å². The molecule has 6 heteroatoms. The van der Waals surface area contributed by atoms with Gasteiger partial charge in [-0.2, -0.15) is 0 Å². The summed E-state index contributed by atoms with van der Waals surface area (Å²) in [6, 6.07) is 20.1. The van der Waals surface area contributed by atoms with E-state index < -0.39 is 10.0 Å². The van der Waals surface area contributed by atoms with Gasteiger partial charge < -0.3 is 5.32 Å². The summed E-state index contributed by atoms with van der Waals surface area (Å²) in [5.41, 5.74) is 5.97. The van der Waals surface area contributed by atoms with Crippen LogP contribution < -0.4 is 10.0 Å². The van der Waals surface area contributed by atoms with Crippen molar-refractivity contribution < 1.29 is 8.42 Å². The average molecular weight is 477 g/mol. The number of hydrogen-bond acceptors (Lipinski definition) is 4. The Morgan fingerprint density at radius 2 is 1.70 bits per heavy atom. The lowest BCUT2D eigenvalue weighted by molar-refractivity contribution is 0.425. The van der Waals surface area contributed by atoms with Crippen molar-refractivity contribution in [2.45, 2.75) is 42.0 Å². The van der Waals surface area contributed by atoms with Crippen molar-refractivity contribution in [3.63, 3.8) is 0 Å². The number of allylic oxidation sites excluding steroid dienone is 2. The van der Waals surface area contributed by atoms with Gasteiger partial charge in [0.25, 0.3) is 10.0 Å². The Kier molecular flexibility index (Phi) is 5.75. The van der Waals surface area contributed by atoms with Crippen LogP contribution in [0.5, 0.6) is 0 Å². The standard InChI is InChI=1S/C27H28N2O2S2/c1-17-13-18(2)15-20(14-17)29-33(30,31)22-11-12-26-25(16-22)23-5-4-6-24(23)27(28-26)19-7-9-21(32-3)10-8-19/h4-5,7-16,23-24,27-29H,6H2,1-3H3. The SMILES string of the molecule is CSc1ccc(C2Nc3ccc(S(=O)(=O)Nc4cc(C)cc(C)c4)cc3C3C=CCC32)cc1. The summed E-state index contributed by atoms with van der Waals surface area (Å²) < 4.78 is 29.2. The van der Waals surface area contributed by atoms with E-state index in [-0.39, 0.29) is 12.0 Å². The minimum Gasteiger partial charge on any atom is -0.378 e. The number of benzene rings is 3. The second-order valence-corrected chi connectivity index (χ2v) is 11.5.